The highest BCUT2D eigenvalue weighted by molar-refractivity contribution is 6.08. The summed E-state index contributed by atoms with van der Waals surface area (Å²) in [6.45, 7) is 3.63. The van der Waals surface area contributed by atoms with Crippen LogP contribution in [-0.4, -0.2) is 47.5 Å². The molecule has 0 aromatic rings. The third-order valence-electron chi connectivity index (χ3n) is 5.53. The number of nitrogens with zero attached hydrogens (tertiary/aromatic N) is 2. The summed E-state index contributed by atoms with van der Waals surface area (Å²) in [4.78, 5) is 51.6. The Morgan fingerprint density at radius 3 is 1.77 bits per heavy atom. The van der Waals surface area contributed by atoms with E-state index in [4.69, 9.17) is 0 Å². The maximum atomic E-state index is 12.5. The van der Waals surface area contributed by atoms with E-state index in [0.29, 0.717) is 0 Å². The van der Waals surface area contributed by atoms with Gasteiger partial charge in [-0.2, -0.15) is 0 Å². The number of hydrogen-bond donors (Lipinski definition) is 0. The minimum atomic E-state index is -0.558. The van der Waals surface area contributed by atoms with Crippen LogP contribution < -0.4 is 0 Å². The Balaban J connectivity index is 2.03. The van der Waals surface area contributed by atoms with Crippen LogP contribution in [-0.2, 0) is 19.2 Å². The Bertz CT molecular complexity index is 611. The molecule has 0 aromatic heterocycles. The first-order chi connectivity index (χ1) is 10.3. The highest BCUT2D eigenvalue weighted by Gasteiger charge is 2.58. The van der Waals surface area contributed by atoms with Gasteiger partial charge in [0.15, 0.2) is 0 Å². The average molecular weight is 304 g/mol. The van der Waals surface area contributed by atoms with Gasteiger partial charge in [-0.05, 0) is 5.92 Å². The van der Waals surface area contributed by atoms with Crippen molar-refractivity contribution in [3.8, 4) is 0 Å². The van der Waals surface area contributed by atoms with E-state index in [1.807, 2.05) is 19.1 Å². The van der Waals surface area contributed by atoms with E-state index in [1.54, 1.807) is 6.92 Å². The highest BCUT2D eigenvalue weighted by atomic mass is 16.2. The summed E-state index contributed by atoms with van der Waals surface area (Å²) in [5, 5.41) is 0. The standard InChI is InChI=1S/C16H20N2O4/c1-7-5-6-9(11-8(2)13(19)17(3)15(11)21)12-10(7)14(20)18(4)16(12)22/h5-12H,1-4H3. The fourth-order valence-corrected chi connectivity index (χ4v) is 4.21. The zero-order valence-electron chi connectivity index (χ0n) is 13.1. The molecule has 0 N–H and O–H groups in total. The van der Waals surface area contributed by atoms with E-state index in [2.05, 4.69) is 0 Å². The number of imide groups is 2. The summed E-state index contributed by atoms with van der Waals surface area (Å²) in [6, 6.07) is 0. The maximum Gasteiger partial charge on any atom is 0.233 e. The molecule has 2 aliphatic heterocycles. The van der Waals surface area contributed by atoms with Crippen molar-refractivity contribution in [3.63, 3.8) is 0 Å². The van der Waals surface area contributed by atoms with Crippen LogP contribution in [0, 0.1) is 35.5 Å². The third-order valence-corrected chi connectivity index (χ3v) is 5.53. The van der Waals surface area contributed by atoms with E-state index in [-0.39, 0.29) is 35.5 Å². The lowest BCUT2D eigenvalue weighted by molar-refractivity contribution is -0.139. The van der Waals surface area contributed by atoms with Crippen molar-refractivity contribution < 1.29 is 19.2 Å². The fraction of sp³-hybridized carbons (Fsp3) is 0.625. The van der Waals surface area contributed by atoms with Crippen molar-refractivity contribution in [2.24, 2.45) is 35.5 Å². The van der Waals surface area contributed by atoms with Crippen molar-refractivity contribution in [3.05, 3.63) is 12.2 Å². The SMILES string of the molecule is CC1C=CC(C2C(=O)N(C)C(=O)C2C)C2C(=O)N(C)C(=O)C12. The number of allylic oxidation sites excluding steroid dienone is 2. The van der Waals surface area contributed by atoms with E-state index in [0.717, 1.165) is 4.90 Å². The molecular weight excluding hydrogens is 284 g/mol. The summed E-state index contributed by atoms with van der Waals surface area (Å²) in [6.07, 6.45) is 3.76. The number of hydrogen-bond acceptors (Lipinski definition) is 4. The topological polar surface area (TPSA) is 74.8 Å². The molecule has 118 valence electrons. The molecule has 2 fully saturated rings. The Morgan fingerprint density at radius 1 is 0.727 bits per heavy atom. The molecule has 6 heteroatoms. The van der Waals surface area contributed by atoms with Crippen LogP contribution in [0.2, 0.25) is 0 Å². The number of likely N-dealkylation sites (tertiary alicyclic amines) is 2. The van der Waals surface area contributed by atoms with Crippen LogP contribution in [0.5, 0.6) is 0 Å². The second-order valence-electron chi connectivity index (χ2n) is 6.66. The molecule has 0 aromatic carbocycles. The van der Waals surface area contributed by atoms with Gasteiger partial charge in [-0.3, -0.25) is 29.0 Å². The Kier molecular flexibility index (Phi) is 3.23. The zero-order valence-corrected chi connectivity index (χ0v) is 13.1. The monoisotopic (exact) mass is 304 g/mol. The average Bonchev–Trinajstić information content (AvgIpc) is 2.83. The molecule has 3 aliphatic rings. The first-order valence-corrected chi connectivity index (χ1v) is 7.58. The largest absolute Gasteiger partial charge is 0.285 e. The van der Waals surface area contributed by atoms with Gasteiger partial charge in [0.25, 0.3) is 0 Å². The van der Waals surface area contributed by atoms with Crippen LogP contribution in [0.25, 0.3) is 0 Å². The van der Waals surface area contributed by atoms with Crippen molar-refractivity contribution in [1.29, 1.82) is 0 Å². The number of carbonyl (C=O) groups is 4. The molecule has 0 radical (unpaired) electrons. The van der Waals surface area contributed by atoms with Gasteiger partial charge in [-0.15, -0.1) is 0 Å². The first-order valence-electron chi connectivity index (χ1n) is 7.58. The summed E-state index contributed by atoms with van der Waals surface area (Å²) >= 11 is 0. The molecule has 2 heterocycles. The number of fused-ring (bicyclic) bond motifs is 1. The van der Waals surface area contributed by atoms with Gasteiger partial charge in [-0.1, -0.05) is 26.0 Å². The molecule has 6 unspecified atom stereocenters. The predicted octanol–water partition coefficient (Wildman–Crippen LogP) is 0.290. The molecule has 1 aliphatic carbocycles. The van der Waals surface area contributed by atoms with Gasteiger partial charge in [0.05, 0.1) is 17.8 Å². The number of amides is 4. The Morgan fingerprint density at radius 2 is 1.23 bits per heavy atom. The molecule has 0 bridgehead atoms. The molecule has 22 heavy (non-hydrogen) atoms. The molecular formula is C16H20N2O4. The van der Waals surface area contributed by atoms with E-state index in [9.17, 15) is 19.2 Å². The molecule has 2 saturated heterocycles. The van der Waals surface area contributed by atoms with Crippen LogP contribution >= 0.6 is 0 Å². The fourth-order valence-electron chi connectivity index (χ4n) is 4.21. The van der Waals surface area contributed by atoms with Crippen LogP contribution in [0.4, 0.5) is 0 Å². The minimum absolute atomic E-state index is 0.0390. The van der Waals surface area contributed by atoms with Crippen molar-refractivity contribution in [2.45, 2.75) is 13.8 Å². The van der Waals surface area contributed by atoms with Crippen LogP contribution in [0.3, 0.4) is 0 Å². The Labute approximate surface area is 129 Å². The van der Waals surface area contributed by atoms with Crippen molar-refractivity contribution in [1.82, 2.24) is 9.80 Å². The second kappa shape index (κ2) is 4.76. The molecule has 6 nitrogen and oxygen atoms in total. The molecule has 0 spiro atoms. The van der Waals surface area contributed by atoms with Crippen LogP contribution in [0.15, 0.2) is 12.2 Å². The first kappa shape index (κ1) is 14.9. The summed E-state index contributed by atoms with van der Waals surface area (Å²) in [5.74, 6) is -3.30. The van der Waals surface area contributed by atoms with E-state index >= 15 is 0 Å². The lowest BCUT2D eigenvalue weighted by atomic mass is 9.66. The Hall–Kier alpha value is -1.98. The quantitative estimate of drug-likeness (QED) is 0.515. The number of carbonyl (C=O) groups excluding carboxylic acids is 4. The highest BCUT2D eigenvalue weighted by Crippen LogP contribution is 2.47. The molecule has 3 rings (SSSR count). The number of rotatable bonds is 1. The molecule has 0 saturated carbocycles. The second-order valence-corrected chi connectivity index (χ2v) is 6.66. The summed E-state index contributed by atoms with van der Waals surface area (Å²) in [7, 11) is 2.96. The predicted molar refractivity (Wildman–Crippen MR) is 77.0 cm³/mol. The smallest absolute Gasteiger partial charge is 0.233 e. The van der Waals surface area contributed by atoms with E-state index < -0.39 is 23.7 Å². The normalized spacial score (nSPS) is 41.6. The van der Waals surface area contributed by atoms with Crippen molar-refractivity contribution >= 4 is 23.6 Å². The zero-order chi connectivity index (χ0) is 16.3. The molecule has 6 atom stereocenters. The van der Waals surface area contributed by atoms with Gasteiger partial charge in [0.1, 0.15) is 0 Å². The lowest BCUT2D eigenvalue weighted by Gasteiger charge is -2.33. The van der Waals surface area contributed by atoms with Gasteiger partial charge < -0.3 is 0 Å². The third kappa shape index (κ3) is 1.72. The maximum absolute atomic E-state index is 12.5. The van der Waals surface area contributed by atoms with Gasteiger partial charge in [-0.25, -0.2) is 0 Å². The summed E-state index contributed by atoms with van der Waals surface area (Å²) < 4.78 is 0. The summed E-state index contributed by atoms with van der Waals surface area (Å²) in [5.41, 5.74) is 0. The van der Waals surface area contributed by atoms with E-state index in [1.165, 1.54) is 19.0 Å². The van der Waals surface area contributed by atoms with Gasteiger partial charge >= 0.3 is 0 Å². The lowest BCUT2D eigenvalue weighted by Crippen LogP contribution is -2.40. The van der Waals surface area contributed by atoms with Gasteiger partial charge in [0.2, 0.25) is 23.6 Å². The van der Waals surface area contributed by atoms with Crippen LogP contribution in [0.1, 0.15) is 13.8 Å². The molecule has 4 amide bonds. The minimum Gasteiger partial charge on any atom is -0.285 e. The van der Waals surface area contributed by atoms with Gasteiger partial charge in [0, 0.05) is 25.9 Å². The van der Waals surface area contributed by atoms with Crippen molar-refractivity contribution in [2.75, 3.05) is 14.1 Å².